The minimum absolute atomic E-state index is 0.0878. The van der Waals surface area contributed by atoms with Crippen molar-refractivity contribution >= 4 is 23.2 Å². The average Bonchev–Trinajstić information content (AvgIpc) is 3.07. The molecule has 100 valence electrons. The molecular formula is C15H14N4O. The molecule has 5 nitrogen and oxygen atoms in total. The zero-order chi connectivity index (χ0) is 13.5. The van der Waals surface area contributed by atoms with E-state index in [0.717, 1.165) is 22.1 Å². The van der Waals surface area contributed by atoms with Gasteiger partial charge in [-0.05, 0) is 43.0 Å². The second-order valence-electron chi connectivity index (χ2n) is 5.20. The molecule has 3 N–H and O–H groups in total. The summed E-state index contributed by atoms with van der Waals surface area (Å²) in [4.78, 5) is 25.3. The first-order valence-electron chi connectivity index (χ1n) is 6.73. The Kier molecular flexibility index (Phi) is 2.39. The summed E-state index contributed by atoms with van der Waals surface area (Å²) >= 11 is 0. The fraction of sp³-hybridized carbons (Fsp3) is 0.200. The van der Waals surface area contributed by atoms with E-state index in [1.165, 1.54) is 12.8 Å². The Morgan fingerprint density at radius 2 is 2.20 bits per heavy atom. The van der Waals surface area contributed by atoms with Gasteiger partial charge in [0.25, 0.3) is 5.56 Å². The SMILES string of the molecule is O=c1[nH]c(=CC2CC2)[nH]c1=Cc1c[nH]c2ncccc12. The Hall–Kier alpha value is -2.56. The van der Waals surface area contributed by atoms with Crippen LogP contribution in [-0.4, -0.2) is 19.9 Å². The van der Waals surface area contributed by atoms with Crippen LogP contribution in [0.3, 0.4) is 0 Å². The van der Waals surface area contributed by atoms with Gasteiger partial charge in [0.2, 0.25) is 0 Å². The molecule has 1 fully saturated rings. The molecule has 0 amide bonds. The van der Waals surface area contributed by atoms with E-state index in [-0.39, 0.29) is 5.56 Å². The molecule has 0 bridgehead atoms. The normalized spacial score (nSPS) is 17.2. The van der Waals surface area contributed by atoms with Crippen molar-refractivity contribution in [2.45, 2.75) is 12.8 Å². The minimum atomic E-state index is -0.0878. The molecule has 1 saturated carbocycles. The third-order valence-corrected chi connectivity index (χ3v) is 3.57. The van der Waals surface area contributed by atoms with E-state index in [1.807, 2.05) is 24.4 Å². The highest BCUT2D eigenvalue weighted by atomic mass is 16.1. The van der Waals surface area contributed by atoms with Gasteiger partial charge in [0, 0.05) is 23.3 Å². The van der Waals surface area contributed by atoms with E-state index < -0.39 is 0 Å². The first-order chi connectivity index (χ1) is 9.79. The molecule has 0 aromatic carbocycles. The monoisotopic (exact) mass is 266 g/mol. The molecule has 5 heteroatoms. The third kappa shape index (κ3) is 1.97. The van der Waals surface area contributed by atoms with Crippen molar-refractivity contribution in [3.63, 3.8) is 0 Å². The number of H-pyrrole nitrogens is 3. The lowest BCUT2D eigenvalue weighted by molar-refractivity contribution is 1.11. The maximum atomic E-state index is 11.9. The summed E-state index contributed by atoms with van der Waals surface area (Å²) in [6.45, 7) is 0. The molecule has 20 heavy (non-hydrogen) atoms. The molecular weight excluding hydrogens is 252 g/mol. The Morgan fingerprint density at radius 1 is 1.30 bits per heavy atom. The number of hydrogen-bond donors (Lipinski definition) is 3. The summed E-state index contributed by atoms with van der Waals surface area (Å²) in [5.41, 5.74) is 2.50. The van der Waals surface area contributed by atoms with Gasteiger partial charge in [-0.25, -0.2) is 4.98 Å². The van der Waals surface area contributed by atoms with E-state index in [9.17, 15) is 4.79 Å². The fourth-order valence-electron chi connectivity index (χ4n) is 2.36. The Labute approximate surface area is 114 Å². The number of fused-ring (bicyclic) bond motifs is 1. The maximum Gasteiger partial charge on any atom is 0.273 e. The minimum Gasteiger partial charge on any atom is -0.346 e. The second kappa shape index (κ2) is 4.23. The predicted molar refractivity (Wildman–Crippen MR) is 77.5 cm³/mol. The maximum absolute atomic E-state index is 11.9. The fourth-order valence-corrected chi connectivity index (χ4v) is 2.36. The molecule has 0 aliphatic heterocycles. The van der Waals surface area contributed by atoms with Crippen LogP contribution in [0.2, 0.25) is 0 Å². The van der Waals surface area contributed by atoms with Gasteiger partial charge in [-0.3, -0.25) is 4.79 Å². The van der Waals surface area contributed by atoms with Crippen LogP contribution in [0.1, 0.15) is 18.4 Å². The van der Waals surface area contributed by atoms with Crippen molar-refractivity contribution in [2.24, 2.45) is 5.92 Å². The quantitative estimate of drug-likeness (QED) is 0.635. The molecule has 0 unspecified atom stereocenters. The predicted octanol–water partition coefficient (Wildman–Crippen LogP) is 0.599. The van der Waals surface area contributed by atoms with Gasteiger partial charge in [0.05, 0.1) is 0 Å². The van der Waals surface area contributed by atoms with E-state index >= 15 is 0 Å². The molecule has 3 aromatic heterocycles. The van der Waals surface area contributed by atoms with Crippen molar-refractivity contribution in [3.05, 3.63) is 51.3 Å². The van der Waals surface area contributed by atoms with Crippen LogP contribution in [-0.2, 0) is 0 Å². The number of nitrogens with one attached hydrogen (secondary N) is 3. The standard InChI is InChI=1S/C15H14N4O/c20-15-12(18-13(19-15)6-9-3-4-9)7-10-8-17-14-11(10)2-1-5-16-14/h1-2,5-9,18H,3-4H2,(H,16,17)(H,19,20). The van der Waals surface area contributed by atoms with Gasteiger partial charge in [-0.2, -0.15) is 0 Å². The molecule has 3 heterocycles. The molecule has 0 saturated heterocycles. The zero-order valence-corrected chi connectivity index (χ0v) is 10.8. The lowest BCUT2D eigenvalue weighted by Gasteiger charge is -1.88. The zero-order valence-electron chi connectivity index (χ0n) is 10.8. The number of rotatable bonds is 2. The van der Waals surface area contributed by atoms with E-state index in [0.29, 0.717) is 11.3 Å². The van der Waals surface area contributed by atoms with Gasteiger partial charge >= 0.3 is 0 Å². The highest BCUT2D eigenvalue weighted by Crippen LogP contribution is 2.29. The van der Waals surface area contributed by atoms with Crippen LogP contribution in [0.25, 0.3) is 23.2 Å². The highest BCUT2D eigenvalue weighted by Gasteiger charge is 2.18. The van der Waals surface area contributed by atoms with E-state index in [1.54, 1.807) is 6.20 Å². The summed E-state index contributed by atoms with van der Waals surface area (Å²) in [7, 11) is 0. The molecule has 0 spiro atoms. The molecule has 4 rings (SSSR count). The average molecular weight is 266 g/mol. The molecule has 1 aliphatic rings. The van der Waals surface area contributed by atoms with E-state index in [4.69, 9.17) is 0 Å². The van der Waals surface area contributed by atoms with Gasteiger partial charge in [-0.15, -0.1) is 0 Å². The topological polar surface area (TPSA) is 77.3 Å². The van der Waals surface area contributed by atoms with Crippen LogP contribution < -0.4 is 16.4 Å². The second-order valence-corrected chi connectivity index (χ2v) is 5.20. The van der Waals surface area contributed by atoms with Gasteiger partial charge in [-0.1, -0.05) is 0 Å². The summed E-state index contributed by atoms with van der Waals surface area (Å²) in [5, 5.41) is 1.58. The van der Waals surface area contributed by atoms with Crippen molar-refractivity contribution in [1.29, 1.82) is 0 Å². The number of aromatic nitrogens is 4. The first-order valence-corrected chi connectivity index (χ1v) is 6.73. The van der Waals surface area contributed by atoms with Crippen LogP contribution in [0.5, 0.6) is 0 Å². The Bertz CT molecular complexity index is 940. The Morgan fingerprint density at radius 3 is 3.05 bits per heavy atom. The lowest BCUT2D eigenvalue weighted by Crippen LogP contribution is -2.22. The smallest absolute Gasteiger partial charge is 0.273 e. The molecule has 0 atom stereocenters. The largest absolute Gasteiger partial charge is 0.346 e. The highest BCUT2D eigenvalue weighted by molar-refractivity contribution is 5.85. The number of imidazole rings is 1. The van der Waals surface area contributed by atoms with Crippen molar-refractivity contribution < 1.29 is 0 Å². The van der Waals surface area contributed by atoms with Crippen LogP contribution >= 0.6 is 0 Å². The lowest BCUT2D eigenvalue weighted by atomic mass is 10.2. The van der Waals surface area contributed by atoms with Crippen molar-refractivity contribution in [3.8, 4) is 0 Å². The van der Waals surface area contributed by atoms with Crippen LogP contribution in [0.4, 0.5) is 0 Å². The number of hydrogen-bond acceptors (Lipinski definition) is 2. The van der Waals surface area contributed by atoms with E-state index in [2.05, 4.69) is 26.0 Å². The number of nitrogens with zero attached hydrogens (tertiary/aromatic N) is 1. The Balaban J connectivity index is 1.87. The van der Waals surface area contributed by atoms with Gasteiger partial charge < -0.3 is 15.0 Å². The van der Waals surface area contributed by atoms with Gasteiger partial charge in [0.1, 0.15) is 16.5 Å². The summed E-state index contributed by atoms with van der Waals surface area (Å²) in [5.74, 6) is 0.620. The summed E-state index contributed by atoms with van der Waals surface area (Å²) in [6, 6.07) is 3.87. The van der Waals surface area contributed by atoms with Crippen molar-refractivity contribution in [2.75, 3.05) is 0 Å². The third-order valence-electron chi connectivity index (χ3n) is 3.57. The molecule has 3 aromatic rings. The molecule has 1 aliphatic carbocycles. The van der Waals surface area contributed by atoms with Crippen LogP contribution in [0.15, 0.2) is 29.3 Å². The van der Waals surface area contributed by atoms with Crippen molar-refractivity contribution in [1.82, 2.24) is 19.9 Å². The number of aromatic amines is 3. The van der Waals surface area contributed by atoms with Gasteiger partial charge in [0.15, 0.2) is 0 Å². The first kappa shape index (κ1) is 11.3. The summed E-state index contributed by atoms with van der Waals surface area (Å²) in [6.07, 6.45) is 9.98. The molecule has 0 radical (unpaired) electrons. The number of pyridine rings is 1. The summed E-state index contributed by atoms with van der Waals surface area (Å²) < 4.78 is 0. The van der Waals surface area contributed by atoms with Crippen LogP contribution in [0, 0.1) is 5.92 Å².